The highest BCUT2D eigenvalue weighted by Crippen LogP contribution is 2.17. The third kappa shape index (κ3) is 1.88. The number of nitrogens with zero attached hydrogens (tertiary/aromatic N) is 2. The molecule has 1 aliphatic rings. The minimum atomic E-state index is -0.390. The number of halogens is 1. The zero-order chi connectivity index (χ0) is 12.5. The van der Waals surface area contributed by atoms with Crippen LogP contribution in [0.1, 0.15) is 21.7 Å². The quantitative estimate of drug-likeness (QED) is 0.832. The van der Waals surface area contributed by atoms with E-state index >= 15 is 0 Å². The van der Waals surface area contributed by atoms with Crippen LogP contribution in [0.5, 0.6) is 0 Å². The van der Waals surface area contributed by atoms with Crippen LogP contribution in [0.2, 0.25) is 0 Å². The molecule has 1 amide bonds. The Morgan fingerprint density at radius 1 is 1.44 bits per heavy atom. The maximum absolute atomic E-state index is 13.1. The first-order chi connectivity index (χ1) is 8.74. The molecule has 0 bridgehead atoms. The Kier molecular flexibility index (Phi) is 2.59. The van der Waals surface area contributed by atoms with Crippen molar-refractivity contribution in [1.29, 1.82) is 0 Å². The summed E-state index contributed by atoms with van der Waals surface area (Å²) in [5, 5.41) is 0. The Labute approximate surface area is 103 Å². The second-order valence-electron chi connectivity index (χ2n) is 4.31. The molecule has 1 N–H and O–H groups in total. The number of carbonyl (C=O) groups is 1. The van der Waals surface area contributed by atoms with E-state index < -0.39 is 5.82 Å². The predicted octanol–water partition coefficient (Wildman–Crippen LogP) is 1.75. The Balaban J connectivity index is 1.83. The summed E-state index contributed by atoms with van der Waals surface area (Å²) in [5.41, 5.74) is 2.36. The van der Waals surface area contributed by atoms with Crippen molar-refractivity contribution in [3.8, 4) is 0 Å². The van der Waals surface area contributed by atoms with Crippen molar-refractivity contribution in [2.45, 2.75) is 13.0 Å². The van der Waals surface area contributed by atoms with Gasteiger partial charge in [0.2, 0.25) is 0 Å². The lowest BCUT2D eigenvalue weighted by Crippen LogP contribution is -2.36. The number of aromatic amines is 1. The second kappa shape index (κ2) is 4.25. The number of nitrogens with one attached hydrogen (secondary N) is 1. The molecular weight excluding hydrogens is 233 g/mol. The number of hydrogen-bond donors (Lipinski definition) is 1. The van der Waals surface area contributed by atoms with Gasteiger partial charge in [0.15, 0.2) is 0 Å². The van der Waals surface area contributed by atoms with E-state index in [1.807, 2.05) is 0 Å². The van der Waals surface area contributed by atoms with Crippen LogP contribution in [0.3, 0.4) is 0 Å². The molecule has 0 aliphatic carbocycles. The van der Waals surface area contributed by atoms with E-state index in [-0.39, 0.29) is 5.91 Å². The lowest BCUT2D eigenvalue weighted by atomic mass is 10.1. The molecule has 3 rings (SSSR count). The van der Waals surface area contributed by atoms with Crippen molar-refractivity contribution in [3.63, 3.8) is 0 Å². The number of carbonyl (C=O) groups excluding carboxylic acids is 1. The summed E-state index contributed by atoms with van der Waals surface area (Å²) in [5.74, 6) is -0.540. The van der Waals surface area contributed by atoms with Crippen LogP contribution in [0.4, 0.5) is 4.39 Å². The van der Waals surface area contributed by atoms with Gasteiger partial charge in [0.25, 0.3) is 5.91 Å². The third-order valence-electron chi connectivity index (χ3n) is 3.14. The normalized spacial score (nSPS) is 14.4. The van der Waals surface area contributed by atoms with Crippen LogP contribution in [0, 0.1) is 5.82 Å². The SMILES string of the molecule is O=C(c1cccc(F)c1)N1CCc2[nH]cnc2C1. The van der Waals surface area contributed by atoms with Gasteiger partial charge in [-0.25, -0.2) is 9.37 Å². The molecule has 0 radical (unpaired) electrons. The summed E-state index contributed by atoms with van der Waals surface area (Å²) >= 11 is 0. The van der Waals surface area contributed by atoms with E-state index in [2.05, 4.69) is 9.97 Å². The average molecular weight is 245 g/mol. The maximum atomic E-state index is 13.1. The number of amides is 1. The van der Waals surface area contributed by atoms with Gasteiger partial charge in [-0.1, -0.05) is 6.07 Å². The molecule has 1 aromatic carbocycles. The number of benzene rings is 1. The second-order valence-corrected chi connectivity index (χ2v) is 4.31. The summed E-state index contributed by atoms with van der Waals surface area (Å²) < 4.78 is 13.1. The Hall–Kier alpha value is -2.17. The number of rotatable bonds is 1. The van der Waals surface area contributed by atoms with E-state index in [0.29, 0.717) is 18.7 Å². The summed E-state index contributed by atoms with van der Waals surface area (Å²) in [6, 6.07) is 5.78. The zero-order valence-electron chi connectivity index (χ0n) is 9.69. The van der Waals surface area contributed by atoms with Gasteiger partial charge in [-0.2, -0.15) is 0 Å². The van der Waals surface area contributed by atoms with Crippen molar-refractivity contribution in [1.82, 2.24) is 14.9 Å². The lowest BCUT2D eigenvalue weighted by Gasteiger charge is -2.26. The number of fused-ring (bicyclic) bond motifs is 1. The third-order valence-corrected chi connectivity index (χ3v) is 3.14. The van der Waals surface area contributed by atoms with E-state index in [1.54, 1.807) is 23.4 Å². The highest BCUT2D eigenvalue weighted by molar-refractivity contribution is 5.94. The fraction of sp³-hybridized carbons (Fsp3) is 0.231. The first-order valence-corrected chi connectivity index (χ1v) is 5.80. The molecule has 92 valence electrons. The van der Waals surface area contributed by atoms with Crippen LogP contribution in [-0.2, 0) is 13.0 Å². The number of imidazole rings is 1. The summed E-state index contributed by atoms with van der Waals surface area (Å²) in [6.45, 7) is 1.11. The smallest absolute Gasteiger partial charge is 0.254 e. The molecule has 2 aromatic rings. The number of H-pyrrole nitrogens is 1. The topological polar surface area (TPSA) is 49.0 Å². The fourth-order valence-corrected chi connectivity index (χ4v) is 2.19. The molecule has 0 saturated heterocycles. The summed E-state index contributed by atoms with van der Waals surface area (Å²) in [7, 11) is 0. The maximum Gasteiger partial charge on any atom is 0.254 e. The van der Waals surface area contributed by atoms with Crippen molar-refractivity contribution >= 4 is 5.91 Å². The highest BCUT2D eigenvalue weighted by atomic mass is 19.1. The van der Waals surface area contributed by atoms with Gasteiger partial charge >= 0.3 is 0 Å². The average Bonchev–Trinajstić information content (AvgIpc) is 2.85. The van der Waals surface area contributed by atoms with Gasteiger partial charge in [-0.3, -0.25) is 4.79 Å². The lowest BCUT2D eigenvalue weighted by molar-refractivity contribution is 0.0731. The Bertz CT molecular complexity index is 593. The monoisotopic (exact) mass is 245 g/mol. The van der Waals surface area contributed by atoms with Crippen molar-refractivity contribution in [2.75, 3.05) is 6.54 Å². The van der Waals surface area contributed by atoms with Crippen LogP contribution >= 0.6 is 0 Å². The van der Waals surface area contributed by atoms with Crippen LogP contribution in [0.15, 0.2) is 30.6 Å². The predicted molar refractivity (Wildman–Crippen MR) is 63.4 cm³/mol. The Morgan fingerprint density at radius 3 is 3.17 bits per heavy atom. The molecule has 0 fully saturated rings. The zero-order valence-corrected chi connectivity index (χ0v) is 9.69. The number of hydrogen-bond acceptors (Lipinski definition) is 2. The molecule has 0 saturated carbocycles. The van der Waals surface area contributed by atoms with Gasteiger partial charge in [0.1, 0.15) is 5.82 Å². The summed E-state index contributed by atoms with van der Waals surface area (Å²) in [6.07, 6.45) is 2.40. The van der Waals surface area contributed by atoms with Crippen LogP contribution < -0.4 is 0 Å². The van der Waals surface area contributed by atoms with Crippen molar-refractivity contribution < 1.29 is 9.18 Å². The highest BCUT2D eigenvalue weighted by Gasteiger charge is 2.23. The first kappa shape index (κ1) is 11.0. The van der Waals surface area contributed by atoms with Gasteiger partial charge in [0.05, 0.1) is 18.6 Å². The Morgan fingerprint density at radius 2 is 2.33 bits per heavy atom. The largest absolute Gasteiger partial charge is 0.348 e. The fourth-order valence-electron chi connectivity index (χ4n) is 2.19. The molecule has 0 spiro atoms. The molecule has 18 heavy (non-hydrogen) atoms. The van der Waals surface area contributed by atoms with E-state index in [4.69, 9.17) is 0 Å². The molecule has 1 aromatic heterocycles. The minimum absolute atomic E-state index is 0.150. The minimum Gasteiger partial charge on any atom is -0.348 e. The van der Waals surface area contributed by atoms with Crippen molar-refractivity contribution in [3.05, 3.63) is 53.4 Å². The summed E-state index contributed by atoms with van der Waals surface area (Å²) in [4.78, 5) is 21.1. The number of aromatic nitrogens is 2. The van der Waals surface area contributed by atoms with Crippen LogP contribution in [-0.4, -0.2) is 27.3 Å². The molecule has 5 heteroatoms. The van der Waals surface area contributed by atoms with E-state index in [0.717, 1.165) is 17.8 Å². The first-order valence-electron chi connectivity index (χ1n) is 5.80. The van der Waals surface area contributed by atoms with E-state index in [1.165, 1.54) is 12.1 Å². The van der Waals surface area contributed by atoms with Crippen LogP contribution in [0.25, 0.3) is 0 Å². The molecule has 1 aliphatic heterocycles. The standard InChI is InChI=1S/C13H12FN3O/c14-10-3-1-2-9(6-10)13(18)17-5-4-11-12(7-17)16-8-15-11/h1-3,6,8H,4-5,7H2,(H,15,16). The van der Waals surface area contributed by atoms with Gasteiger partial charge in [-0.05, 0) is 18.2 Å². The van der Waals surface area contributed by atoms with Gasteiger partial charge in [0, 0.05) is 24.2 Å². The van der Waals surface area contributed by atoms with Gasteiger partial charge in [-0.15, -0.1) is 0 Å². The van der Waals surface area contributed by atoms with Gasteiger partial charge < -0.3 is 9.88 Å². The molecular formula is C13H12FN3O. The van der Waals surface area contributed by atoms with Crippen molar-refractivity contribution in [2.24, 2.45) is 0 Å². The molecule has 0 unspecified atom stereocenters. The molecule has 2 heterocycles. The molecule has 4 nitrogen and oxygen atoms in total. The van der Waals surface area contributed by atoms with E-state index in [9.17, 15) is 9.18 Å². The molecule has 0 atom stereocenters.